The first-order valence-electron chi connectivity index (χ1n) is 6.60. The van der Waals surface area contributed by atoms with Gasteiger partial charge in [-0.1, -0.05) is 22.0 Å². The van der Waals surface area contributed by atoms with Crippen molar-refractivity contribution in [2.45, 2.75) is 12.8 Å². The Morgan fingerprint density at radius 3 is 3.05 bits per heavy atom. The standard InChI is InChI=1S/C14H17BrN2O2/c15-11-2-1-3-12(8-11)19-13(18)17-7-5-14(10-17)4-6-16-9-14/h1-3,8,16H,4-7,9-10H2. The molecule has 0 aromatic heterocycles. The summed E-state index contributed by atoms with van der Waals surface area (Å²) in [6.07, 6.45) is 2.00. The summed E-state index contributed by atoms with van der Waals surface area (Å²) in [6.45, 7) is 3.70. The van der Waals surface area contributed by atoms with Gasteiger partial charge >= 0.3 is 6.09 Å². The van der Waals surface area contributed by atoms with Gasteiger partial charge in [0.05, 0.1) is 0 Å². The van der Waals surface area contributed by atoms with Gasteiger partial charge in [-0.2, -0.15) is 0 Å². The molecular formula is C14H17BrN2O2. The number of ether oxygens (including phenoxy) is 1. The Morgan fingerprint density at radius 1 is 1.42 bits per heavy atom. The predicted octanol–water partition coefficient (Wildman–Crippen LogP) is 2.63. The van der Waals surface area contributed by atoms with Crippen molar-refractivity contribution in [2.75, 3.05) is 26.2 Å². The van der Waals surface area contributed by atoms with E-state index in [2.05, 4.69) is 21.2 Å². The number of carbonyl (C=O) groups is 1. The summed E-state index contributed by atoms with van der Waals surface area (Å²) in [5, 5.41) is 3.39. The van der Waals surface area contributed by atoms with Crippen LogP contribution in [0.1, 0.15) is 12.8 Å². The maximum Gasteiger partial charge on any atom is 0.415 e. The zero-order chi connectivity index (χ0) is 13.3. The quantitative estimate of drug-likeness (QED) is 0.863. The van der Waals surface area contributed by atoms with Crippen LogP contribution in [0.4, 0.5) is 4.79 Å². The minimum Gasteiger partial charge on any atom is -0.410 e. The summed E-state index contributed by atoms with van der Waals surface area (Å²) in [5.41, 5.74) is 0.288. The fourth-order valence-corrected chi connectivity index (χ4v) is 3.31. The Balaban J connectivity index is 1.62. The molecule has 102 valence electrons. The lowest BCUT2D eigenvalue weighted by Crippen LogP contribution is -2.35. The highest BCUT2D eigenvalue weighted by Crippen LogP contribution is 2.36. The van der Waals surface area contributed by atoms with Crippen LogP contribution in [0.25, 0.3) is 0 Å². The van der Waals surface area contributed by atoms with Crippen molar-refractivity contribution in [3.63, 3.8) is 0 Å². The van der Waals surface area contributed by atoms with E-state index >= 15 is 0 Å². The van der Waals surface area contributed by atoms with Crippen LogP contribution in [-0.4, -0.2) is 37.2 Å². The lowest BCUT2D eigenvalue weighted by atomic mass is 9.87. The van der Waals surface area contributed by atoms with E-state index in [4.69, 9.17) is 4.74 Å². The van der Waals surface area contributed by atoms with Crippen LogP contribution >= 0.6 is 15.9 Å². The van der Waals surface area contributed by atoms with E-state index in [-0.39, 0.29) is 11.5 Å². The van der Waals surface area contributed by atoms with Crippen molar-refractivity contribution in [2.24, 2.45) is 5.41 Å². The Bertz CT molecular complexity index is 486. The maximum absolute atomic E-state index is 12.1. The van der Waals surface area contributed by atoms with Gasteiger partial charge in [-0.25, -0.2) is 4.79 Å². The number of carbonyl (C=O) groups excluding carboxylic acids is 1. The van der Waals surface area contributed by atoms with Gasteiger partial charge in [0.2, 0.25) is 0 Å². The molecule has 4 nitrogen and oxygen atoms in total. The molecule has 1 N–H and O–H groups in total. The van der Waals surface area contributed by atoms with Crippen molar-refractivity contribution in [1.82, 2.24) is 10.2 Å². The highest BCUT2D eigenvalue weighted by atomic mass is 79.9. The molecule has 1 atom stereocenters. The van der Waals surface area contributed by atoms with Crippen molar-refractivity contribution in [1.29, 1.82) is 0 Å². The van der Waals surface area contributed by atoms with Crippen molar-refractivity contribution < 1.29 is 9.53 Å². The second-order valence-corrected chi connectivity index (χ2v) is 6.34. The van der Waals surface area contributed by atoms with E-state index in [1.807, 2.05) is 17.0 Å². The van der Waals surface area contributed by atoms with E-state index in [0.717, 1.165) is 43.5 Å². The second kappa shape index (κ2) is 5.13. The Hall–Kier alpha value is -1.07. The summed E-state index contributed by atoms with van der Waals surface area (Å²) in [4.78, 5) is 14.0. The normalized spacial score (nSPS) is 26.1. The number of amides is 1. The predicted molar refractivity (Wildman–Crippen MR) is 76.3 cm³/mol. The van der Waals surface area contributed by atoms with Gasteiger partial charge in [-0.3, -0.25) is 0 Å². The average molecular weight is 325 g/mol. The molecule has 3 rings (SSSR count). The highest BCUT2D eigenvalue weighted by molar-refractivity contribution is 9.10. The number of benzene rings is 1. The van der Waals surface area contributed by atoms with E-state index in [1.165, 1.54) is 0 Å². The molecular weight excluding hydrogens is 308 g/mol. The molecule has 19 heavy (non-hydrogen) atoms. The molecule has 5 heteroatoms. The van der Waals surface area contributed by atoms with Gasteiger partial charge in [-0.15, -0.1) is 0 Å². The Kier molecular flexibility index (Phi) is 3.50. The van der Waals surface area contributed by atoms with Crippen molar-refractivity contribution in [3.05, 3.63) is 28.7 Å². The van der Waals surface area contributed by atoms with E-state index < -0.39 is 0 Å². The monoisotopic (exact) mass is 324 g/mol. The van der Waals surface area contributed by atoms with E-state index in [1.54, 1.807) is 12.1 Å². The summed E-state index contributed by atoms with van der Waals surface area (Å²) < 4.78 is 6.33. The van der Waals surface area contributed by atoms with Crippen molar-refractivity contribution in [3.8, 4) is 5.75 Å². The van der Waals surface area contributed by atoms with Gasteiger partial charge in [0.1, 0.15) is 5.75 Å². The molecule has 0 bridgehead atoms. The van der Waals surface area contributed by atoms with Crippen LogP contribution in [0.3, 0.4) is 0 Å². The molecule has 1 aromatic rings. The first kappa shape index (κ1) is 12.9. The SMILES string of the molecule is O=C(Oc1cccc(Br)c1)N1CCC2(CCNC2)C1. The second-order valence-electron chi connectivity index (χ2n) is 5.42. The summed E-state index contributed by atoms with van der Waals surface area (Å²) in [7, 11) is 0. The van der Waals surface area contributed by atoms with Crippen LogP contribution in [0.15, 0.2) is 28.7 Å². The lowest BCUT2D eigenvalue weighted by molar-refractivity contribution is 0.157. The number of nitrogens with one attached hydrogen (secondary N) is 1. The molecule has 2 fully saturated rings. The fraction of sp³-hybridized carbons (Fsp3) is 0.500. The molecule has 2 aliphatic rings. The third kappa shape index (κ3) is 2.77. The minimum absolute atomic E-state index is 0.234. The molecule has 2 heterocycles. The zero-order valence-corrected chi connectivity index (χ0v) is 12.3. The third-order valence-electron chi connectivity index (χ3n) is 4.03. The van der Waals surface area contributed by atoms with E-state index in [0.29, 0.717) is 5.75 Å². The number of rotatable bonds is 1. The number of halogens is 1. The van der Waals surface area contributed by atoms with Crippen molar-refractivity contribution >= 4 is 22.0 Å². The minimum atomic E-state index is -0.234. The fourth-order valence-electron chi connectivity index (χ4n) is 2.93. The van der Waals surface area contributed by atoms with Crippen LogP contribution < -0.4 is 10.1 Å². The van der Waals surface area contributed by atoms with E-state index in [9.17, 15) is 4.79 Å². The largest absolute Gasteiger partial charge is 0.415 e. The van der Waals surface area contributed by atoms with Crippen LogP contribution in [-0.2, 0) is 0 Å². The van der Waals surface area contributed by atoms with Crippen LogP contribution in [0.2, 0.25) is 0 Å². The number of hydrogen-bond acceptors (Lipinski definition) is 3. The number of hydrogen-bond donors (Lipinski definition) is 1. The summed E-state index contributed by atoms with van der Waals surface area (Å²) >= 11 is 3.37. The van der Waals surface area contributed by atoms with Crippen LogP contribution in [0, 0.1) is 5.41 Å². The molecule has 1 unspecified atom stereocenters. The molecule has 0 radical (unpaired) electrons. The van der Waals surface area contributed by atoms with Gasteiger partial charge in [0, 0.05) is 29.5 Å². The molecule has 2 saturated heterocycles. The summed E-state index contributed by atoms with van der Waals surface area (Å²) in [6, 6.07) is 7.37. The topological polar surface area (TPSA) is 41.6 Å². The molecule has 1 amide bonds. The van der Waals surface area contributed by atoms with Gasteiger partial charge in [-0.05, 0) is 37.6 Å². The van der Waals surface area contributed by atoms with Gasteiger partial charge < -0.3 is 15.0 Å². The molecule has 0 saturated carbocycles. The lowest BCUT2D eigenvalue weighted by Gasteiger charge is -2.22. The van der Waals surface area contributed by atoms with Crippen LogP contribution in [0.5, 0.6) is 5.75 Å². The first-order valence-corrected chi connectivity index (χ1v) is 7.39. The zero-order valence-electron chi connectivity index (χ0n) is 10.7. The summed E-state index contributed by atoms with van der Waals surface area (Å²) in [5.74, 6) is 0.588. The molecule has 1 spiro atoms. The Morgan fingerprint density at radius 2 is 2.32 bits per heavy atom. The molecule has 1 aromatic carbocycles. The molecule has 0 aliphatic carbocycles. The smallest absolute Gasteiger partial charge is 0.410 e. The highest BCUT2D eigenvalue weighted by Gasteiger charge is 2.42. The Labute approximate surface area is 121 Å². The third-order valence-corrected chi connectivity index (χ3v) is 4.52. The van der Waals surface area contributed by atoms with Gasteiger partial charge in [0.15, 0.2) is 0 Å². The maximum atomic E-state index is 12.1. The number of nitrogens with zero attached hydrogens (tertiary/aromatic N) is 1. The molecule has 2 aliphatic heterocycles. The first-order chi connectivity index (χ1) is 9.17. The number of likely N-dealkylation sites (tertiary alicyclic amines) is 1. The average Bonchev–Trinajstić information content (AvgIpc) is 3.00. The van der Waals surface area contributed by atoms with Gasteiger partial charge in [0.25, 0.3) is 0 Å².